The number of pyridine rings is 1. The van der Waals surface area contributed by atoms with Gasteiger partial charge in [-0.2, -0.15) is 0 Å². The zero-order chi connectivity index (χ0) is 22.8. The molecule has 0 radical (unpaired) electrons. The summed E-state index contributed by atoms with van der Waals surface area (Å²) in [5, 5.41) is 0. The van der Waals surface area contributed by atoms with Gasteiger partial charge in [-0.3, -0.25) is 9.20 Å². The van der Waals surface area contributed by atoms with Crippen LogP contribution in [0.3, 0.4) is 0 Å². The first-order chi connectivity index (χ1) is 16.2. The lowest BCUT2D eigenvalue weighted by Crippen LogP contribution is -2.30. The van der Waals surface area contributed by atoms with Gasteiger partial charge in [0.25, 0.3) is 5.91 Å². The Labute approximate surface area is 191 Å². The van der Waals surface area contributed by atoms with E-state index in [0.717, 1.165) is 24.2 Å². The van der Waals surface area contributed by atoms with Crippen LogP contribution >= 0.6 is 0 Å². The van der Waals surface area contributed by atoms with Gasteiger partial charge in [0.05, 0.1) is 6.04 Å². The van der Waals surface area contributed by atoms with Crippen LogP contribution in [0.25, 0.3) is 16.8 Å². The molecular formula is C25H22N6O2. The quantitative estimate of drug-likeness (QED) is 0.486. The summed E-state index contributed by atoms with van der Waals surface area (Å²) in [6.07, 6.45) is 6.87. The third-order valence-electron chi connectivity index (χ3n) is 5.64. The lowest BCUT2D eigenvalue weighted by molar-refractivity contribution is -0.126. The molecule has 2 N–H and O–H groups in total. The monoisotopic (exact) mass is 438 g/mol. The number of carbonyl (C=O) groups excluding carboxylic acids is 1. The summed E-state index contributed by atoms with van der Waals surface area (Å²) in [6, 6.07) is 12.9. The third-order valence-corrected chi connectivity index (χ3v) is 5.64. The van der Waals surface area contributed by atoms with Crippen LogP contribution in [0, 0.1) is 11.8 Å². The van der Waals surface area contributed by atoms with Crippen LogP contribution in [0.5, 0.6) is 11.6 Å². The van der Waals surface area contributed by atoms with Crippen molar-refractivity contribution in [2.75, 3.05) is 12.3 Å². The maximum absolute atomic E-state index is 12.6. The second kappa shape index (κ2) is 8.63. The van der Waals surface area contributed by atoms with Gasteiger partial charge in [-0.25, -0.2) is 15.0 Å². The molecule has 0 bridgehead atoms. The number of anilines is 1. The molecule has 1 fully saturated rings. The van der Waals surface area contributed by atoms with E-state index in [-0.39, 0.29) is 11.9 Å². The van der Waals surface area contributed by atoms with Gasteiger partial charge in [0, 0.05) is 36.8 Å². The zero-order valence-electron chi connectivity index (χ0n) is 18.1. The summed E-state index contributed by atoms with van der Waals surface area (Å²) >= 11 is 0. The fourth-order valence-corrected chi connectivity index (χ4v) is 4.19. The Morgan fingerprint density at radius 2 is 2.00 bits per heavy atom. The Morgan fingerprint density at radius 3 is 2.76 bits per heavy atom. The van der Waals surface area contributed by atoms with Gasteiger partial charge < -0.3 is 15.4 Å². The number of hydrogen-bond donors (Lipinski definition) is 1. The molecule has 8 nitrogen and oxygen atoms in total. The van der Waals surface area contributed by atoms with Crippen LogP contribution in [-0.2, 0) is 4.79 Å². The van der Waals surface area contributed by atoms with E-state index in [9.17, 15) is 4.79 Å². The summed E-state index contributed by atoms with van der Waals surface area (Å²) in [5.74, 6) is 7.50. The van der Waals surface area contributed by atoms with Crippen molar-refractivity contribution in [3.05, 3.63) is 66.9 Å². The molecule has 33 heavy (non-hydrogen) atoms. The average molecular weight is 438 g/mol. The Morgan fingerprint density at radius 1 is 1.15 bits per heavy atom. The largest absolute Gasteiger partial charge is 0.439 e. The number of nitrogen functional groups attached to an aromatic ring is 1. The number of nitrogens with zero attached hydrogens (tertiary/aromatic N) is 5. The van der Waals surface area contributed by atoms with E-state index in [4.69, 9.17) is 15.5 Å². The molecule has 164 valence electrons. The Bertz CT molecular complexity index is 1370. The summed E-state index contributed by atoms with van der Waals surface area (Å²) in [7, 11) is 0. The zero-order valence-corrected chi connectivity index (χ0v) is 18.1. The molecule has 0 spiro atoms. The third kappa shape index (κ3) is 3.85. The smallest absolute Gasteiger partial charge is 0.299 e. The highest BCUT2D eigenvalue weighted by atomic mass is 16.5. The summed E-state index contributed by atoms with van der Waals surface area (Å²) in [6.45, 7) is 2.32. The van der Waals surface area contributed by atoms with E-state index in [0.29, 0.717) is 35.2 Å². The van der Waals surface area contributed by atoms with E-state index in [1.54, 1.807) is 30.3 Å². The van der Waals surface area contributed by atoms with Crippen LogP contribution < -0.4 is 10.5 Å². The first-order valence-corrected chi connectivity index (χ1v) is 10.7. The molecule has 1 atom stereocenters. The van der Waals surface area contributed by atoms with Crippen LogP contribution in [0.4, 0.5) is 5.82 Å². The fraction of sp³-hybridized carbons (Fsp3) is 0.200. The van der Waals surface area contributed by atoms with Crippen molar-refractivity contribution >= 4 is 17.2 Å². The first-order valence-electron chi connectivity index (χ1n) is 10.7. The standard InChI is InChI=1S/C25H22N6O2/c1-2-6-21(32)30-15-5-7-19(30)25-29-22(23-24(26)28-14-16-31(23)25)17-9-11-18(12-10-17)33-20-8-3-4-13-27-20/h3-4,8-14,16,19H,5,7,15H2,1H3,(H2,26,28)/t19-/m0/s1. The molecule has 1 saturated heterocycles. The molecule has 0 saturated carbocycles. The predicted molar refractivity (Wildman–Crippen MR) is 124 cm³/mol. The number of ether oxygens (including phenoxy) is 1. The van der Waals surface area contributed by atoms with Crippen molar-refractivity contribution < 1.29 is 9.53 Å². The lowest BCUT2D eigenvalue weighted by Gasteiger charge is -2.21. The SMILES string of the molecule is CC#CC(=O)N1CCC[C@H]1c1nc(-c2ccc(Oc3ccccn3)cc2)c2c(N)nccn12. The van der Waals surface area contributed by atoms with Crippen LogP contribution in [0.1, 0.15) is 31.6 Å². The minimum absolute atomic E-state index is 0.173. The fourth-order valence-electron chi connectivity index (χ4n) is 4.19. The first kappa shape index (κ1) is 20.5. The second-order valence-corrected chi connectivity index (χ2v) is 7.68. The molecule has 5 rings (SSSR count). The molecule has 1 amide bonds. The molecule has 0 unspecified atom stereocenters. The molecule has 1 aromatic carbocycles. The highest BCUT2D eigenvalue weighted by Crippen LogP contribution is 2.36. The highest BCUT2D eigenvalue weighted by molar-refractivity contribution is 5.94. The van der Waals surface area contributed by atoms with Crippen molar-refractivity contribution in [3.63, 3.8) is 0 Å². The number of hydrogen-bond acceptors (Lipinski definition) is 6. The average Bonchev–Trinajstić information content (AvgIpc) is 3.46. The number of likely N-dealkylation sites (tertiary alicyclic amines) is 1. The van der Waals surface area contributed by atoms with Crippen LogP contribution in [-0.4, -0.2) is 36.7 Å². The van der Waals surface area contributed by atoms with E-state index < -0.39 is 0 Å². The van der Waals surface area contributed by atoms with E-state index in [2.05, 4.69) is 21.8 Å². The minimum Gasteiger partial charge on any atom is -0.439 e. The molecular weight excluding hydrogens is 416 g/mol. The van der Waals surface area contributed by atoms with Crippen molar-refractivity contribution in [2.45, 2.75) is 25.8 Å². The number of imidazole rings is 1. The van der Waals surface area contributed by atoms with Crippen LogP contribution in [0.15, 0.2) is 61.1 Å². The van der Waals surface area contributed by atoms with Gasteiger partial charge in [0.1, 0.15) is 28.6 Å². The van der Waals surface area contributed by atoms with Gasteiger partial charge >= 0.3 is 0 Å². The summed E-state index contributed by atoms with van der Waals surface area (Å²) in [5.41, 5.74) is 8.57. The topological polar surface area (TPSA) is 98.6 Å². The van der Waals surface area contributed by atoms with Crippen molar-refractivity contribution in [2.24, 2.45) is 0 Å². The molecule has 0 aliphatic carbocycles. The maximum Gasteiger partial charge on any atom is 0.299 e. The van der Waals surface area contributed by atoms with Crippen molar-refractivity contribution in [1.29, 1.82) is 0 Å². The van der Waals surface area contributed by atoms with E-state index in [1.807, 2.05) is 47.0 Å². The highest BCUT2D eigenvalue weighted by Gasteiger charge is 2.33. The van der Waals surface area contributed by atoms with Gasteiger partial charge in [-0.1, -0.05) is 12.0 Å². The number of rotatable bonds is 4. The van der Waals surface area contributed by atoms with E-state index in [1.165, 1.54) is 0 Å². The molecule has 1 aliphatic heterocycles. The number of carbonyl (C=O) groups is 1. The lowest BCUT2D eigenvalue weighted by atomic mass is 10.1. The number of nitrogens with two attached hydrogens (primary N) is 1. The Balaban J connectivity index is 1.54. The normalized spacial score (nSPS) is 15.3. The van der Waals surface area contributed by atoms with Gasteiger partial charge in [-0.05, 0) is 56.0 Å². The number of aromatic nitrogens is 4. The summed E-state index contributed by atoms with van der Waals surface area (Å²) < 4.78 is 7.74. The van der Waals surface area contributed by atoms with Crippen molar-refractivity contribution in [1.82, 2.24) is 24.3 Å². The van der Waals surface area contributed by atoms with Crippen LogP contribution in [0.2, 0.25) is 0 Å². The molecule has 4 heterocycles. The number of benzene rings is 1. The maximum atomic E-state index is 12.6. The Hall–Kier alpha value is -4.38. The second-order valence-electron chi connectivity index (χ2n) is 7.68. The predicted octanol–water partition coefficient (Wildman–Crippen LogP) is 3.85. The molecule has 8 heteroatoms. The molecule has 4 aromatic rings. The van der Waals surface area contributed by atoms with Gasteiger partial charge in [0.15, 0.2) is 0 Å². The molecule has 1 aliphatic rings. The van der Waals surface area contributed by atoms with E-state index >= 15 is 0 Å². The molecule has 3 aromatic heterocycles. The minimum atomic E-state index is -0.184. The Kier molecular flexibility index (Phi) is 5.37. The summed E-state index contributed by atoms with van der Waals surface area (Å²) in [4.78, 5) is 27.8. The number of amides is 1. The van der Waals surface area contributed by atoms with Gasteiger partial charge in [0.2, 0.25) is 5.88 Å². The van der Waals surface area contributed by atoms with Crippen molar-refractivity contribution in [3.8, 4) is 34.7 Å². The number of fused-ring (bicyclic) bond motifs is 1. The van der Waals surface area contributed by atoms with Gasteiger partial charge in [-0.15, -0.1) is 0 Å².